The first-order valence-electron chi connectivity index (χ1n) is 5.90. The lowest BCUT2D eigenvalue weighted by Crippen LogP contribution is -2.52. The second kappa shape index (κ2) is 7.17. The summed E-state index contributed by atoms with van der Waals surface area (Å²) in [7, 11) is 1.57. The third-order valence-corrected chi connectivity index (χ3v) is 2.61. The fraction of sp³-hybridized carbons (Fsp3) is 0.818. The number of carboxylic acids is 1. The van der Waals surface area contributed by atoms with Crippen LogP contribution in [0.2, 0.25) is 0 Å². The van der Waals surface area contributed by atoms with Gasteiger partial charge in [0.2, 0.25) is 0 Å². The number of ether oxygens (including phenoxy) is 2. The van der Waals surface area contributed by atoms with Crippen LogP contribution in [0.4, 0.5) is 4.79 Å². The van der Waals surface area contributed by atoms with Crippen molar-refractivity contribution in [3.63, 3.8) is 0 Å². The Kier molecular flexibility index (Phi) is 5.87. The molecule has 7 heteroatoms. The van der Waals surface area contributed by atoms with E-state index < -0.39 is 12.1 Å². The van der Waals surface area contributed by atoms with Gasteiger partial charge in [-0.05, 0) is 6.92 Å². The quantitative estimate of drug-likeness (QED) is 0.721. The van der Waals surface area contributed by atoms with Gasteiger partial charge < -0.3 is 24.8 Å². The molecule has 0 radical (unpaired) electrons. The van der Waals surface area contributed by atoms with Gasteiger partial charge in [0.25, 0.3) is 0 Å². The Bertz CT molecular complexity index is 297. The predicted octanol–water partition coefficient (Wildman–Crippen LogP) is -0.0936. The smallest absolute Gasteiger partial charge is 0.317 e. The molecule has 0 aromatic heterocycles. The number of methoxy groups -OCH3 is 1. The van der Waals surface area contributed by atoms with Gasteiger partial charge in [-0.2, -0.15) is 0 Å². The topological polar surface area (TPSA) is 88.1 Å². The second-order valence-corrected chi connectivity index (χ2v) is 4.34. The van der Waals surface area contributed by atoms with Gasteiger partial charge in [-0.15, -0.1) is 0 Å². The molecule has 18 heavy (non-hydrogen) atoms. The van der Waals surface area contributed by atoms with E-state index in [0.29, 0.717) is 26.3 Å². The summed E-state index contributed by atoms with van der Waals surface area (Å²) < 4.78 is 10.2. The summed E-state index contributed by atoms with van der Waals surface area (Å²) in [5.41, 5.74) is 0. The van der Waals surface area contributed by atoms with Crippen molar-refractivity contribution in [3.05, 3.63) is 0 Å². The maximum atomic E-state index is 11.9. The highest BCUT2D eigenvalue weighted by molar-refractivity contribution is 5.75. The Balaban J connectivity index is 2.40. The summed E-state index contributed by atoms with van der Waals surface area (Å²) in [5.74, 6) is -0.921. The van der Waals surface area contributed by atoms with Crippen LogP contribution in [0, 0.1) is 0 Å². The molecule has 1 heterocycles. The molecule has 1 aliphatic heterocycles. The fourth-order valence-electron chi connectivity index (χ4n) is 1.82. The number of aliphatic carboxylic acids is 1. The van der Waals surface area contributed by atoms with E-state index in [1.807, 2.05) is 6.92 Å². The Hall–Kier alpha value is -1.34. The van der Waals surface area contributed by atoms with Crippen molar-refractivity contribution in [1.82, 2.24) is 10.2 Å². The Labute approximate surface area is 106 Å². The maximum absolute atomic E-state index is 11.9. The maximum Gasteiger partial charge on any atom is 0.317 e. The highest BCUT2D eigenvalue weighted by Crippen LogP contribution is 2.09. The molecule has 0 spiro atoms. The molecular formula is C11H20N2O5. The third kappa shape index (κ3) is 4.89. The lowest BCUT2D eigenvalue weighted by molar-refractivity contribution is -0.141. The summed E-state index contributed by atoms with van der Waals surface area (Å²) in [5, 5.41) is 11.5. The highest BCUT2D eigenvalue weighted by atomic mass is 16.5. The summed E-state index contributed by atoms with van der Waals surface area (Å²) in [6.45, 7) is 3.43. The van der Waals surface area contributed by atoms with E-state index in [2.05, 4.69) is 5.32 Å². The van der Waals surface area contributed by atoms with Crippen LogP contribution < -0.4 is 5.32 Å². The van der Waals surface area contributed by atoms with Crippen molar-refractivity contribution in [2.45, 2.75) is 25.5 Å². The van der Waals surface area contributed by atoms with Crippen LogP contribution in [-0.4, -0.2) is 67.6 Å². The zero-order chi connectivity index (χ0) is 13.5. The average Bonchev–Trinajstić information content (AvgIpc) is 2.28. The van der Waals surface area contributed by atoms with Crippen molar-refractivity contribution >= 4 is 12.0 Å². The molecule has 1 rings (SSSR count). The lowest BCUT2D eigenvalue weighted by atomic mass is 10.2. The van der Waals surface area contributed by atoms with Gasteiger partial charge in [0.1, 0.15) is 0 Å². The fourth-order valence-corrected chi connectivity index (χ4v) is 1.82. The number of hydrogen-bond donors (Lipinski definition) is 2. The van der Waals surface area contributed by atoms with Crippen molar-refractivity contribution in [3.8, 4) is 0 Å². The molecular weight excluding hydrogens is 240 g/mol. The summed E-state index contributed by atoms with van der Waals surface area (Å²) in [6, 6.07) is -0.290. The number of urea groups is 1. The molecule has 2 atom stereocenters. The van der Waals surface area contributed by atoms with Crippen LogP contribution in [0.1, 0.15) is 13.3 Å². The van der Waals surface area contributed by atoms with Crippen molar-refractivity contribution in [1.29, 1.82) is 0 Å². The minimum absolute atomic E-state index is 0.0803. The van der Waals surface area contributed by atoms with E-state index in [-0.39, 0.29) is 18.5 Å². The first-order valence-corrected chi connectivity index (χ1v) is 5.90. The number of rotatable bonds is 5. The first kappa shape index (κ1) is 14.7. The molecule has 2 amide bonds. The molecule has 1 aliphatic rings. The SMILES string of the molecule is COCC(C)NC(=O)N1CCOC(CC(=O)O)C1. The van der Waals surface area contributed by atoms with Crippen molar-refractivity contribution in [2.24, 2.45) is 0 Å². The van der Waals surface area contributed by atoms with Crippen LogP contribution in [0.25, 0.3) is 0 Å². The number of nitrogens with one attached hydrogen (secondary N) is 1. The number of amides is 2. The number of carboxylic acid groups (broad SMARTS) is 1. The third-order valence-electron chi connectivity index (χ3n) is 2.61. The van der Waals surface area contributed by atoms with E-state index >= 15 is 0 Å². The van der Waals surface area contributed by atoms with E-state index in [0.717, 1.165) is 0 Å². The molecule has 1 saturated heterocycles. The van der Waals surface area contributed by atoms with Crippen molar-refractivity contribution < 1.29 is 24.2 Å². The number of carbonyl (C=O) groups excluding carboxylic acids is 1. The minimum atomic E-state index is -0.921. The molecule has 7 nitrogen and oxygen atoms in total. The average molecular weight is 260 g/mol. The Morgan fingerprint density at radius 2 is 2.33 bits per heavy atom. The molecule has 0 aromatic rings. The van der Waals surface area contributed by atoms with Crippen LogP contribution in [-0.2, 0) is 14.3 Å². The van der Waals surface area contributed by atoms with Crippen LogP contribution in [0.3, 0.4) is 0 Å². The highest BCUT2D eigenvalue weighted by Gasteiger charge is 2.26. The lowest BCUT2D eigenvalue weighted by Gasteiger charge is -2.33. The second-order valence-electron chi connectivity index (χ2n) is 4.34. The van der Waals surface area contributed by atoms with Gasteiger partial charge >= 0.3 is 12.0 Å². The normalized spacial score (nSPS) is 21.4. The van der Waals surface area contributed by atoms with Crippen LogP contribution >= 0.6 is 0 Å². The molecule has 104 valence electrons. The van der Waals surface area contributed by atoms with Crippen molar-refractivity contribution in [2.75, 3.05) is 33.4 Å². The monoisotopic (exact) mass is 260 g/mol. The molecule has 0 aliphatic carbocycles. The summed E-state index contributed by atoms with van der Waals surface area (Å²) in [4.78, 5) is 24.0. The molecule has 2 unspecified atom stereocenters. The largest absolute Gasteiger partial charge is 0.481 e. The van der Waals surface area contributed by atoms with Gasteiger partial charge in [-0.3, -0.25) is 4.79 Å². The van der Waals surface area contributed by atoms with Gasteiger partial charge in [0, 0.05) is 20.2 Å². The Morgan fingerprint density at radius 1 is 1.61 bits per heavy atom. The zero-order valence-corrected chi connectivity index (χ0v) is 10.7. The van der Waals surface area contributed by atoms with E-state index in [9.17, 15) is 9.59 Å². The van der Waals surface area contributed by atoms with Crippen LogP contribution in [0.5, 0.6) is 0 Å². The summed E-state index contributed by atoms with van der Waals surface area (Å²) >= 11 is 0. The summed E-state index contributed by atoms with van der Waals surface area (Å²) in [6.07, 6.45) is -0.517. The number of hydrogen-bond acceptors (Lipinski definition) is 4. The molecule has 0 aromatic carbocycles. The number of nitrogens with zero attached hydrogens (tertiary/aromatic N) is 1. The predicted molar refractivity (Wildman–Crippen MR) is 63.4 cm³/mol. The molecule has 2 N–H and O–H groups in total. The standard InChI is InChI=1S/C11H20N2O5/c1-8(7-17-2)12-11(16)13-3-4-18-9(6-13)5-10(14)15/h8-9H,3-7H2,1-2H3,(H,12,16)(H,14,15). The minimum Gasteiger partial charge on any atom is -0.481 e. The van der Waals surface area contributed by atoms with E-state index in [1.54, 1.807) is 12.0 Å². The number of carbonyl (C=O) groups is 2. The van der Waals surface area contributed by atoms with E-state index in [1.165, 1.54) is 0 Å². The first-order chi connectivity index (χ1) is 8.52. The Morgan fingerprint density at radius 3 is 2.94 bits per heavy atom. The van der Waals surface area contributed by atoms with Crippen LogP contribution in [0.15, 0.2) is 0 Å². The molecule has 0 saturated carbocycles. The molecule has 1 fully saturated rings. The molecule has 0 bridgehead atoms. The van der Waals surface area contributed by atoms with Gasteiger partial charge in [-0.1, -0.05) is 0 Å². The zero-order valence-electron chi connectivity index (χ0n) is 10.7. The number of morpholine rings is 1. The van der Waals surface area contributed by atoms with Gasteiger partial charge in [-0.25, -0.2) is 4.79 Å². The van der Waals surface area contributed by atoms with Gasteiger partial charge in [0.05, 0.1) is 31.8 Å². The van der Waals surface area contributed by atoms with Gasteiger partial charge in [0.15, 0.2) is 0 Å². The van der Waals surface area contributed by atoms with E-state index in [4.69, 9.17) is 14.6 Å².